The molecule has 9 nitrogen and oxygen atoms in total. The van der Waals surface area contributed by atoms with Crippen LogP contribution in [0.15, 0.2) is 61.1 Å². The van der Waals surface area contributed by atoms with E-state index in [2.05, 4.69) is 15.3 Å². The molecule has 1 fully saturated rings. The number of benzene rings is 1. The molecule has 1 aliphatic rings. The molecule has 9 heteroatoms. The van der Waals surface area contributed by atoms with Gasteiger partial charge in [0.1, 0.15) is 17.4 Å². The summed E-state index contributed by atoms with van der Waals surface area (Å²) in [6.07, 6.45) is 3.84. The van der Waals surface area contributed by atoms with Crippen molar-refractivity contribution in [2.45, 2.75) is 18.6 Å². The molecule has 168 valence electrons. The van der Waals surface area contributed by atoms with Gasteiger partial charge >= 0.3 is 0 Å². The van der Waals surface area contributed by atoms with Crippen molar-refractivity contribution in [2.75, 3.05) is 30.4 Å². The summed E-state index contributed by atoms with van der Waals surface area (Å²) in [5.41, 5.74) is 2.34. The Morgan fingerprint density at radius 2 is 1.91 bits per heavy atom. The van der Waals surface area contributed by atoms with Gasteiger partial charge in [0.15, 0.2) is 5.82 Å². The first kappa shape index (κ1) is 21.0. The molecule has 0 unspecified atom stereocenters. The molecule has 0 bridgehead atoms. The van der Waals surface area contributed by atoms with Gasteiger partial charge in [0, 0.05) is 30.5 Å². The molecule has 0 aliphatic carbocycles. The number of aliphatic hydroxyl groups is 2. The van der Waals surface area contributed by atoms with Crippen LogP contribution in [-0.4, -0.2) is 62.6 Å². The van der Waals surface area contributed by atoms with E-state index in [-0.39, 0.29) is 6.54 Å². The van der Waals surface area contributed by atoms with E-state index in [0.29, 0.717) is 41.7 Å². The molecular formula is C24H24N6O3. The van der Waals surface area contributed by atoms with E-state index < -0.39 is 12.2 Å². The van der Waals surface area contributed by atoms with Crippen LogP contribution in [0.25, 0.3) is 22.3 Å². The first-order chi connectivity index (χ1) is 16.1. The number of hydrogen-bond acceptors (Lipinski definition) is 9. The minimum absolute atomic E-state index is 0.259. The monoisotopic (exact) mass is 444 g/mol. The smallest absolute Gasteiger partial charge is 0.162 e. The molecule has 0 saturated carbocycles. The number of para-hydroxylation sites is 1. The molecule has 1 aromatic carbocycles. The van der Waals surface area contributed by atoms with Gasteiger partial charge in [-0.05, 0) is 30.7 Å². The summed E-state index contributed by atoms with van der Waals surface area (Å²) in [5, 5.41) is 24.3. The fourth-order valence-electron chi connectivity index (χ4n) is 3.97. The molecule has 3 N–H and O–H groups in total. The van der Waals surface area contributed by atoms with Gasteiger partial charge in [-0.25, -0.2) is 15.0 Å². The van der Waals surface area contributed by atoms with E-state index in [4.69, 9.17) is 14.7 Å². The Labute approximate surface area is 190 Å². The predicted molar refractivity (Wildman–Crippen MR) is 126 cm³/mol. The maximum absolute atomic E-state index is 10.3. The topological polar surface area (TPSA) is 117 Å². The highest BCUT2D eigenvalue weighted by Gasteiger charge is 2.29. The summed E-state index contributed by atoms with van der Waals surface area (Å²) in [5.74, 6) is 2.36. The maximum atomic E-state index is 10.3. The number of aliphatic hydroxyl groups excluding tert-OH is 2. The Hall–Kier alpha value is -3.82. The van der Waals surface area contributed by atoms with Crippen LogP contribution in [-0.2, 0) is 0 Å². The van der Waals surface area contributed by atoms with E-state index in [1.807, 2.05) is 47.4 Å². The van der Waals surface area contributed by atoms with Crippen molar-refractivity contribution in [3.63, 3.8) is 0 Å². The number of nitrogens with zero attached hydrogens (tertiary/aromatic N) is 5. The van der Waals surface area contributed by atoms with Crippen molar-refractivity contribution in [1.29, 1.82) is 0 Å². The van der Waals surface area contributed by atoms with Crippen LogP contribution < -0.4 is 15.0 Å². The van der Waals surface area contributed by atoms with Crippen LogP contribution >= 0.6 is 0 Å². The Morgan fingerprint density at radius 1 is 1.06 bits per heavy atom. The van der Waals surface area contributed by atoms with E-state index in [1.165, 1.54) is 0 Å². The number of ether oxygens (including phenoxy) is 1. The second-order valence-electron chi connectivity index (χ2n) is 7.90. The van der Waals surface area contributed by atoms with Gasteiger partial charge in [-0.2, -0.15) is 0 Å². The van der Waals surface area contributed by atoms with Crippen LogP contribution in [0.5, 0.6) is 5.75 Å². The van der Waals surface area contributed by atoms with E-state index in [9.17, 15) is 10.2 Å². The minimum Gasteiger partial charge on any atom is -0.494 e. The largest absolute Gasteiger partial charge is 0.494 e. The Balaban J connectivity index is 1.59. The third-order valence-corrected chi connectivity index (χ3v) is 5.68. The molecule has 33 heavy (non-hydrogen) atoms. The molecule has 0 spiro atoms. The number of aromatic nitrogens is 4. The zero-order valence-corrected chi connectivity index (χ0v) is 18.1. The number of piperidine rings is 1. The quantitative estimate of drug-likeness (QED) is 0.427. The zero-order valence-electron chi connectivity index (χ0n) is 18.1. The standard InChI is InChI=1S/C24H24N6O3/c1-33-20-13-25-12-17-22(20)24(30-10-8-18(31)19(32)14-30)29-23(28-17)15-7-9-26-21(11-15)27-16-5-3-2-4-6-16/h2-7,9,11-13,18-19,31-32H,8,10,14H2,1H3,(H,26,27)/t18-,19-/m1/s1. The first-order valence-corrected chi connectivity index (χ1v) is 10.7. The second kappa shape index (κ2) is 8.97. The van der Waals surface area contributed by atoms with Crippen molar-refractivity contribution in [2.24, 2.45) is 0 Å². The summed E-state index contributed by atoms with van der Waals surface area (Å²) in [6.45, 7) is 0.807. The number of rotatable bonds is 5. The molecule has 2 atom stereocenters. The number of nitrogens with one attached hydrogen (secondary N) is 1. The van der Waals surface area contributed by atoms with E-state index in [1.54, 1.807) is 25.7 Å². The summed E-state index contributed by atoms with van der Waals surface area (Å²) >= 11 is 0. The van der Waals surface area contributed by atoms with Crippen LogP contribution in [0, 0.1) is 0 Å². The fraction of sp³-hybridized carbons (Fsp3) is 0.250. The van der Waals surface area contributed by atoms with Crippen LogP contribution in [0.1, 0.15) is 6.42 Å². The lowest BCUT2D eigenvalue weighted by molar-refractivity contribution is 0.00792. The SMILES string of the molecule is COc1cncc2nc(-c3ccnc(Nc4ccccc4)c3)nc(N3CC[C@@H](O)[C@H](O)C3)c12. The number of fused-ring (bicyclic) bond motifs is 1. The summed E-state index contributed by atoms with van der Waals surface area (Å²) < 4.78 is 5.54. The van der Waals surface area contributed by atoms with E-state index >= 15 is 0 Å². The highest BCUT2D eigenvalue weighted by molar-refractivity contribution is 5.95. The number of anilines is 3. The molecule has 1 saturated heterocycles. The molecule has 4 aromatic rings. The molecule has 4 heterocycles. The van der Waals surface area contributed by atoms with Crippen molar-refractivity contribution in [3.8, 4) is 17.1 Å². The number of methoxy groups -OCH3 is 1. The van der Waals surface area contributed by atoms with Gasteiger partial charge in [0.25, 0.3) is 0 Å². The van der Waals surface area contributed by atoms with Gasteiger partial charge < -0.3 is 25.2 Å². The number of β-amino-alcohol motifs (C(OH)–C–C–N with tert-alkyl or cyclic N) is 1. The van der Waals surface area contributed by atoms with Gasteiger partial charge in [-0.15, -0.1) is 0 Å². The van der Waals surface area contributed by atoms with E-state index in [0.717, 1.165) is 16.6 Å². The Morgan fingerprint density at radius 3 is 2.70 bits per heavy atom. The van der Waals surface area contributed by atoms with Crippen molar-refractivity contribution >= 4 is 28.2 Å². The zero-order chi connectivity index (χ0) is 22.8. The van der Waals surface area contributed by atoms with Gasteiger partial charge in [-0.1, -0.05) is 18.2 Å². The van der Waals surface area contributed by atoms with Crippen molar-refractivity contribution in [1.82, 2.24) is 19.9 Å². The summed E-state index contributed by atoms with van der Waals surface area (Å²) in [6, 6.07) is 13.5. The molecule has 3 aromatic heterocycles. The summed E-state index contributed by atoms with van der Waals surface area (Å²) in [7, 11) is 1.58. The maximum Gasteiger partial charge on any atom is 0.162 e. The Bertz CT molecular complexity index is 1270. The first-order valence-electron chi connectivity index (χ1n) is 10.7. The third kappa shape index (κ3) is 4.28. The average molecular weight is 444 g/mol. The van der Waals surface area contributed by atoms with Crippen molar-refractivity contribution < 1.29 is 14.9 Å². The van der Waals surface area contributed by atoms with Gasteiger partial charge in [0.05, 0.1) is 42.6 Å². The second-order valence-corrected chi connectivity index (χ2v) is 7.90. The number of hydrogen-bond donors (Lipinski definition) is 3. The lowest BCUT2D eigenvalue weighted by Crippen LogP contribution is -2.47. The van der Waals surface area contributed by atoms with Crippen LogP contribution in [0.2, 0.25) is 0 Å². The van der Waals surface area contributed by atoms with Crippen LogP contribution in [0.3, 0.4) is 0 Å². The normalized spacial score (nSPS) is 18.3. The predicted octanol–water partition coefficient (Wildman–Crippen LogP) is 2.77. The van der Waals surface area contributed by atoms with Gasteiger partial charge in [0.2, 0.25) is 0 Å². The molecular weight excluding hydrogens is 420 g/mol. The molecule has 5 rings (SSSR count). The Kier molecular flexibility index (Phi) is 5.72. The van der Waals surface area contributed by atoms with Gasteiger partial charge in [-0.3, -0.25) is 4.98 Å². The fourth-order valence-corrected chi connectivity index (χ4v) is 3.97. The highest BCUT2D eigenvalue weighted by atomic mass is 16.5. The van der Waals surface area contributed by atoms with Crippen LogP contribution in [0.4, 0.5) is 17.3 Å². The third-order valence-electron chi connectivity index (χ3n) is 5.68. The average Bonchev–Trinajstić information content (AvgIpc) is 2.85. The minimum atomic E-state index is -0.859. The van der Waals surface area contributed by atoms with Crippen molar-refractivity contribution in [3.05, 3.63) is 61.1 Å². The lowest BCUT2D eigenvalue weighted by Gasteiger charge is -2.35. The summed E-state index contributed by atoms with van der Waals surface area (Å²) in [4.78, 5) is 20.2. The molecule has 1 aliphatic heterocycles. The lowest BCUT2D eigenvalue weighted by atomic mass is 10.0. The number of pyridine rings is 2. The molecule has 0 amide bonds. The molecule has 0 radical (unpaired) electrons. The highest BCUT2D eigenvalue weighted by Crippen LogP contribution is 2.35.